The number of anilines is 1. The zero-order valence-corrected chi connectivity index (χ0v) is 12.3. The average molecular weight is 331 g/mol. The molecular weight excluding hydrogens is 319 g/mol. The number of halogens is 3. The number of hydrogen-bond donors (Lipinski definition) is 1. The summed E-state index contributed by atoms with van der Waals surface area (Å²) in [5.41, 5.74) is -0.556. The molecule has 1 fully saturated rings. The van der Waals surface area contributed by atoms with Gasteiger partial charge in [0, 0.05) is 24.0 Å². The smallest absolute Gasteiger partial charge is 0.326 e. The Morgan fingerprint density at radius 1 is 1.33 bits per heavy atom. The molecule has 1 heterocycles. The molecule has 1 amide bonds. The van der Waals surface area contributed by atoms with Crippen LogP contribution in [-0.4, -0.2) is 10.9 Å². The highest BCUT2D eigenvalue weighted by Gasteiger charge is 2.44. The summed E-state index contributed by atoms with van der Waals surface area (Å²) in [6.07, 6.45) is -0.693. The van der Waals surface area contributed by atoms with Crippen molar-refractivity contribution in [3.05, 3.63) is 59.4 Å². The molecule has 0 bridgehead atoms. The number of hydrogen-bond acceptors (Lipinski definition) is 3. The van der Waals surface area contributed by atoms with Crippen LogP contribution in [0.2, 0.25) is 0 Å². The Kier molecular flexibility index (Phi) is 3.97. The number of carbonyl (C=O) groups is 1. The molecule has 1 aromatic carbocycles. The van der Waals surface area contributed by atoms with E-state index in [9.17, 15) is 18.0 Å². The van der Waals surface area contributed by atoms with Gasteiger partial charge in [0.2, 0.25) is 5.91 Å². The van der Waals surface area contributed by atoms with Crippen molar-refractivity contribution in [1.82, 2.24) is 4.98 Å². The van der Waals surface area contributed by atoms with Gasteiger partial charge < -0.3 is 5.32 Å². The molecule has 3 rings (SSSR count). The van der Waals surface area contributed by atoms with E-state index in [1.807, 2.05) is 6.07 Å². The highest BCUT2D eigenvalue weighted by Crippen LogP contribution is 2.47. The number of carbonyl (C=O) groups excluding carboxylic acids is 1. The maximum absolute atomic E-state index is 12.9. The van der Waals surface area contributed by atoms with Crippen LogP contribution in [0.25, 0.3) is 0 Å². The highest BCUT2D eigenvalue weighted by molar-refractivity contribution is 5.95. The van der Waals surface area contributed by atoms with Gasteiger partial charge in [-0.05, 0) is 42.2 Å². The van der Waals surface area contributed by atoms with Crippen molar-refractivity contribution in [3.8, 4) is 6.07 Å². The molecule has 7 heteroatoms. The van der Waals surface area contributed by atoms with Gasteiger partial charge in [-0.25, -0.2) is 0 Å². The minimum absolute atomic E-state index is 0.0307. The van der Waals surface area contributed by atoms with E-state index in [0.717, 1.165) is 17.7 Å². The van der Waals surface area contributed by atoms with E-state index in [1.165, 1.54) is 12.1 Å². The fraction of sp³-hybridized carbons (Fsp3) is 0.235. The molecular formula is C17H12F3N3O. The normalized spacial score (nSPS) is 19.4. The molecule has 1 saturated carbocycles. The van der Waals surface area contributed by atoms with Gasteiger partial charge in [-0.2, -0.15) is 18.4 Å². The Morgan fingerprint density at radius 2 is 2.12 bits per heavy atom. The first-order chi connectivity index (χ1) is 11.4. The number of nitrogens with one attached hydrogen (secondary N) is 1. The van der Waals surface area contributed by atoms with Crippen molar-refractivity contribution in [1.29, 1.82) is 5.26 Å². The van der Waals surface area contributed by atoms with Gasteiger partial charge in [0.1, 0.15) is 0 Å². The molecule has 1 aliphatic carbocycles. The first-order valence-corrected chi connectivity index (χ1v) is 7.22. The maximum Gasteiger partial charge on any atom is 0.417 e. The second kappa shape index (κ2) is 5.96. The molecule has 0 radical (unpaired) electrons. The lowest BCUT2D eigenvalue weighted by Crippen LogP contribution is -2.16. The number of nitriles is 1. The third kappa shape index (κ3) is 3.23. The van der Waals surface area contributed by atoms with Gasteiger partial charge in [0.05, 0.1) is 17.2 Å². The third-order valence-corrected chi connectivity index (χ3v) is 3.95. The second-order valence-corrected chi connectivity index (χ2v) is 5.59. The monoisotopic (exact) mass is 331 g/mol. The number of nitrogens with zero attached hydrogens (tertiary/aromatic N) is 2. The van der Waals surface area contributed by atoms with Gasteiger partial charge in [0.15, 0.2) is 0 Å². The molecule has 0 saturated heterocycles. The van der Waals surface area contributed by atoms with E-state index in [0.29, 0.717) is 6.42 Å². The number of aromatic nitrogens is 1. The molecule has 1 N–H and O–H groups in total. The van der Waals surface area contributed by atoms with Crippen molar-refractivity contribution in [2.75, 3.05) is 5.32 Å². The predicted molar refractivity (Wildman–Crippen MR) is 79.9 cm³/mol. The summed E-state index contributed by atoms with van der Waals surface area (Å²) in [5, 5.41) is 11.3. The summed E-state index contributed by atoms with van der Waals surface area (Å²) >= 11 is 0. The first-order valence-electron chi connectivity index (χ1n) is 7.22. The molecule has 2 aromatic rings. The van der Waals surface area contributed by atoms with Gasteiger partial charge in [-0.1, -0.05) is 6.07 Å². The van der Waals surface area contributed by atoms with E-state index >= 15 is 0 Å². The van der Waals surface area contributed by atoms with Gasteiger partial charge in [0.25, 0.3) is 0 Å². The average Bonchev–Trinajstić information content (AvgIpc) is 3.35. The van der Waals surface area contributed by atoms with Gasteiger partial charge >= 0.3 is 6.18 Å². The lowest BCUT2D eigenvalue weighted by atomic mass is 10.1. The maximum atomic E-state index is 12.9. The number of rotatable bonds is 3. The summed E-state index contributed by atoms with van der Waals surface area (Å²) < 4.78 is 38.8. The van der Waals surface area contributed by atoms with E-state index < -0.39 is 17.3 Å². The van der Waals surface area contributed by atoms with Crippen molar-refractivity contribution in [2.45, 2.75) is 18.5 Å². The molecule has 122 valence electrons. The third-order valence-electron chi connectivity index (χ3n) is 3.95. The van der Waals surface area contributed by atoms with Gasteiger partial charge in [-0.3, -0.25) is 9.78 Å². The van der Waals surface area contributed by atoms with Crippen LogP contribution in [0.5, 0.6) is 0 Å². The number of benzene rings is 1. The summed E-state index contributed by atoms with van der Waals surface area (Å²) in [5.74, 6) is -0.569. The number of alkyl halides is 3. The minimum atomic E-state index is -4.65. The van der Waals surface area contributed by atoms with Gasteiger partial charge in [-0.15, -0.1) is 0 Å². The fourth-order valence-electron chi connectivity index (χ4n) is 2.64. The van der Waals surface area contributed by atoms with Crippen molar-refractivity contribution in [2.24, 2.45) is 5.92 Å². The Bertz CT molecular complexity index is 812. The molecule has 2 atom stereocenters. The van der Waals surface area contributed by atoms with Crippen LogP contribution in [0, 0.1) is 17.2 Å². The molecule has 0 unspecified atom stereocenters. The lowest BCUT2D eigenvalue weighted by molar-refractivity contribution is -0.137. The molecule has 1 aromatic heterocycles. The van der Waals surface area contributed by atoms with Crippen LogP contribution in [0.15, 0.2) is 42.7 Å². The van der Waals surface area contributed by atoms with Crippen LogP contribution in [-0.2, 0) is 11.0 Å². The van der Waals surface area contributed by atoms with Crippen molar-refractivity contribution >= 4 is 11.6 Å². The van der Waals surface area contributed by atoms with Crippen LogP contribution in [0.3, 0.4) is 0 Å². The fourth-order valence-corrected chi connectivity index (χ4v) is 2.64. The zero-order chi connectivity index (χ0) is 17.3. The van der Waals surface area contributed by atoms with Crippen LogP contribution < -0.4 is 5.32 Å². The second-order valence-electron chi connectivity index (χ2n) is 5.59. The minimum Gasteiger partial charge on any atom is -0.326 e. The predicted octanol–water partition coefficient (Wildman–Crippen LogP) is 3.71. The summed E-state index contributed by atoms with van der Waals surface area (Å²) in [6, 6.07) is 8.30. The largest absolute Gasteiger partial charge is 0.417 e. The first kappa shape index (κ1) is 16.0. The standard InChI is InChI=1S/C17H12F3N3O/c18-17(19,20)15-6-12(4-3-10(15)8-21)23-16(24)14-7-13(14)11-2-1-5-22-9-11/h1-6,9,13-14H,7H2,(H,23,24)/t13-,14+/m0/s1. The Labute approximate surface area is 135 Å². The molecule has 0 spiro atoms. The Hall–Kier alpha value is -2.88. The molecule has 4 nitrogen and oxygen atoms in total. The topological polar surface area (TPSA) is 65.8 Å². The van der Waals surface area contributed by atoms with Crippen LogP contribution in [0.4, 0.5) is 18.9 Å². The van der Waals surface area contributed by atoms with Crippen molar-refractivity contribution < 1.29 is 18.0 Å². The Morgan fingerprint density at radius 3 is 2.75 bits per heavy atom. The SMILES string of the molecule is N#Cc1ccc(NC(=O)[C@@H]2C[C@H]2c2cccnc2)cc1C(F)(F)F. The lowest BCUT2D eigenvalue weighted by Gasteiger charge is -2.11. The van der Waals surface area contributed by atoms with Crippen LogP contribution in [0.1, 0.15) is 29.0 Å². The van der Waals surface area contributed by atoms with E-state index in [4.69, 9.17) is 5.26 Å². The summed E-state index contributed by atoms with van der Waals surface area (Å²) in [4.78, 5) is 16.2. The van der Waals surface area contributed by atoms with Crippen LogP contribution >= 0.6 is 0 Å². The number of pyridine rings is 1. The summed E-state index contributed by atoms with van der Waals surface area (Å²) in [7, 11) is 0. The molecule has 24 heavy (non-hydrogen) atoms. The highest BCUT2D eigenvalue weighted by atomic mass is 19.4. The van der Waals surface area contributed by atoms with Crippen molar-refractivity contribution in [3.63, 3.8) is 0 Å². The molecule has 0 aliphatic heterocycles. The molecule has 1 aliphatic rings. The van der Waals surface area contributed by atoms with E-state index in [-0.39, 0.29) is 23.4 Å². The summed E-state index contributed by atoms with van der Waals surface area (Å²) in [6.45, 7) is 0. The quantitative estimate of drug-likeness (QED) is 0.932. The van der Waals surface area contributed by atoms with E-state index in [1.54, 1.807) is 18.5 Å². The zero-order valence-electron chi connectivity index (χ0n) is 12.3. The van der Waals surface area contributed by atoms with E-state index in [2.05, 4.69) is 10.3 Å². The Balaban J connectivity index is 1.73. The number of amides is 1.